The van der Waals surface area contributed by atoms with Gasteiger partial charge in [-0.2, -0.15) is 0 Å². The largest absolute Gasteiger partial charge is 0.391 e. The highest BCUT2D eigenvalue weighted by molar-refractivity contribution is 7.13. The summed E-state index contributed by atoms with van der Waals surface area (Å²) in [4.78, 5) is 34.5. The number of aliphatic hydroxyl groups is 1. The topological polar surface area (TPSA) is 112 Å². The monoisotopic (exact) mass is 554 g/mol. The predicted molar refractivity (Wildman–Crippen MR) is 149 cm³/mol. The molecule has 4 atom stereocenters. The summed E-state index contributed by atoms with van der Waals surface area (Å²) in [7, 11) is 0. The molecule has 2 N–H and O–H groups in total. The van der Waals surface area contributed by atoms with Gasteiger partial charge >= 0.3 is 0 Å². The number of rotatable bonds is 8. The van der Waals surface area contributed by atoms with Crippen molar-refractivity contribution in [3.8, 4) is 10.4 Å². The van der Waals surface area contributed by atoms with E-state index in [1.165, 1.54) is 9.64 Å². The number of thiazole rings is 1. The summed E-state index contributed by atoms with van der Waals surface area (Å²) in [6.07, 6.45) is 1.81. The Morgan fingerprint density at radius 2 is 1.92 bits per heavy atom. The van der Waals surface area contributed by atoms with Crippen LogP contribution in [-0.2, 0) is 9.59 Å². The van der Waals surface area contributed by atoms with Crippen LogP contribution in [0.4, 0.5) is 0 Å². The number of nitrogens with zero attached hydrogens (tertiary/aromatic N) is 4. The molecule has 1 aliphatic heterocycles. The van der Waals surface area contributed by atoms with Crippen LogP contribution in [0.1, 0.15) is 76.5 Å². The molecule has 0 aliphatic carbocycles. The highest BCUT2D eigenvalue weighted by Gasteiger charge is 2.45. The minimum absolute atomic E-state index is 0.0564. The number of aryl methyl sites for hydroxylation is 2. The Bertz CT molecular complexity index is 1290. The highest BCUT2D eigenvalue weighted by Crippen LogP contribution is 2.33. The van der Waals surface area contributed by atoms with Crippen molar-refractivity contribution in [2.75, 3.05) is 6.54 Å². The first-order chi connectivity index (χ1) is 18.3. The second kappa shape index (κ2) is 11.6. The van der Waals surface area contributed by atoms with Crippen molar-refractivity contribution in [2.45, 2.75) is 85.5 Å². The number of amides is 2. The first kappa shape index (κ1) is 28.9. The lowest BCUT2D eigenvalue weighted by Crippen LogP contribution is -2.55. The van der Waals surface area contributed by atoms with E-state index in [2.05, 4.69) is 60.5 Å². The van der Waals surface area contributed by atoms with E-state index in [0.717, 1.165) is 21.7 Å². The molecule has 1 saturated heterocycles. The molecule has 0 saturated carbocycles. The minimum atomic E-state index is -0.778. The molecule has 0 bridgehead atoms. The Hall–Kier alpha value is -3.11. The van der Waals surface area contributed by atoms with Crippen molar-refractivity contribution in [2.24, 2.45) is 11.3 Å². The van der Waals surface area contributed by atoms with Gasteiger partial charge in [0, 0.05) is 25.8 Å². The van der Waals surface area contributed by atoms with E-state index in [9.17, 15) is 14.7 Å². The first-order valence-electron chi connectivity index (χ1n) is 13.5. The van der Waals surface area contributed by atoms with E-state index in [1.54, 1.807) is 24.5 Å². The Balaban J connectivity index is 1.57. The number of β-amino-alcohol motifs (C(OH)–C–C–N with tert-alkyl or cyclic N) is 1. The Labute approximate surface area is 234 Å². The number of carbonyl (C=O) groups is 2. The summed E-state index contributed by atoms with van der Waals surface area (Å²) in [5, 5.41) is 17.7. The van der Waals surface area contributed by atoms with Crippen LogP contribution in [-0.4, -0.2) is 50.7 Å². The summed E-state index contributed by atoms with van der Waals surface area (Å²) in [6.45, 7) is 14.1. The maximum absolute atomic E-state index is 13.7. The van der Waals surface area contributed by atoms with Crippen molar-refractivity contribution in [1.29, 1.82) is 0 Å². The first-order valence-corrected chi connectivity index (χ1v) is 14.4. The van der Waals surface area contributed by atoms with Gasteiger partial charge in [0.15, 0.2) is 11.4 Å². The van der Waals surface area contributed by atoms with Gasteiger partial charge in [-0.15, -0.1) is 11.3 Å². The van der Waals surface area contributed by atoms with Crippen molar-refractivity contribution >= 4 is 23.2 Å². The summed E-state index contributed by atoms with van der Waals surface area (Å²) in [5.41, 5.74) is 5.53. The molecule has 4 rings (SSSR count). The van der Waals surface area contributed by atoms with Gasteiger partial charge in [0.25, 0.3) is 5.91 Å². The van der Waals surface area contributed by atoms with E-state index < -0.39 is 18.2 Å². The summed E-state index contributed by atoms with van der Waals surface area (Å²) < 4.78 is 6.81. The molecule has 3 heterocycles. The van der Waals surface area contributed by atoms with Gasteiger partial charge in [-0.3, -0.25) is 9.59 Å². The van der Waals surface area contributed by atoms with Crippen molar-refractivity contribution in [1.82, 2.24) is 20.4 Å². The molecule has 0 radical (unpaired) electrons. The molecule has 9 nitrogen and oxygen atoms in total. The number of benzene rings is 1. The van der Waals surface area contributed by atoms with Gasteiger partial charge in [-0.1, -0.05) is 68.3 Å². The molecule has 10 heteroatoms. The van der Waals surface area contributed by atoms with Gasteiger partial charge in [0.05, 0.1) is 28.2 Å². The van der Waals surface area contributed by atoms with Gasteiger partial charge in [-0.05, 0) is 29.9 Å². The highest BCUT2D eigenvalue weighted by atomic mass is 32.1. The second-order valence-electron chi connectivity index (χ2n) is 12.1. The lowest BCUT2D eigenvalue weighted by molar-refractivity contribution is -0.884. The maximum Gasteiger partial charge on any atom is 0.272 e. The van der Waals surface area contributed by atoms with Crippen LogP contribution in [0.3, 0.4) is 0 Å². The Morgan fingerprint density at radius 1 is 1.23 bits per heavy atom. The van der Waals surface area contributed by atoms with Crippen molar-refractivity contribution < 1.29 is 24.1 Å². The second-order valence-corrected chi connectivity index (χ2v) is 13.0. The third-order valence-electron chi connectivity index (χ3n) is 7.07. The lowest BCUT2D eigenvalue weighted by atomic mass is 9.85. The van der Waals surface area contributed by atoms with Gasteiger partial charge < -0.3 is 15.3 Å². The fourth-order valence-electron chi connectivity index (χ4n) is 5.22. The predicted octanol–water partition coefficient (Wildman–Crippen LogP) is 4.16. The number of nitrogens with one attached hydrogen (secondary N) is 1. The zero-order chi connectivity index (χ0) is 28.5. The normalized spacial score (nSPS) is 19.4. The zero-order valence-electron chi connectivity index (χ0n) is 23.8. The van der Waals surface area contributed by atoms with Crippen molar-refractivity contribution in [3.63, 3.8) is 0 Å². The van der Waals surface area contributed by atoms with Crippen LogP contribution in [0.25, 0.3) is 10.4 Å². The molecule has 0 unspecified atom stereocenters. The number of likely N-dealkylation sites (tertiary alicyclic amines) is 1. The molecule has 39 heavy (non-hydrogen) atoms. The third-order valence-corrected chi connectivity index (χ3v) is 8.05. The number of carbonyl (C=O) groups excluding carboxylic acids is 2. The Kier molecular flexibility index (Phi) is 8.56. The average molecular weight is 555 g/mol. The molecule has 2 amide bonds. The molecular weight excluding hydrogens is 514 g/mol. The molecule has 0 spiro atoms. The SMILES string of the molecule is Cc1c[n+]([C@H](C(=O)N2C[C@H](O)C[C@H]2C(=O)N[C@@H](CC(C)(C)C)c2ccc(-c3scnc3C)cc2)C(C)C)on1. The lowest BCUT2D eigenvalue weighted by Gasteiger charge is -2.31. The third kappa shape index (κ3) is 6.73. The quantitative estimate of drug-likeness (QED) is 0.405. The van der Waals surface area contributed by atoms with Gasteiger partial charge in [0.2, 0.25) is 17.6 Å². The van der Waals surface area contributed by atoms with Crippen LogP contribution in [0.2, 0.25) is 0 Å². The Morgan fingerprint density at radius 3 is 2.46 bits per heavy atom. The van der Waals surface area contributed by atoms with E-state index in [-0.39, 0.29) is 42.2 Å². The fraction of sp³-hybridized carbons (Fsp3) is 0.552. The number of hydrogen-bond donors (Lipinski definition) is 2. The molecule has 1 aromatic carbocycles. The van der Waals surface area contributed by atoms with Crippen LogP contribution < -0.4 is 10.1 Å². The van der Waals surface area contributed by atoms with Crippen LogP contribution in [0, 0.1) is 25.2 Å². The number of aromatic nitrogens is 3. The van der Waals surface area contributed by atoms with E-state index in [4.69, 9.17) is 4.63 Å². The fourth-order valence-corrected chi connectivity index (χ4v) is 6.03. The van der Waals surface area contributed by atoms with Crippen LogP contribution in [0.15, 0.2) is 40.6 Å². The summed E-state index contributed by atoms with van der Waals surface area (Å²) in [6, 6.07) is 6.54. The standard InChI is InChI=1S/C29H39N5O4S/c1-17(2)25(34-14-18(3)32-38-34)28(37)33-15-22(35)12-24(33)27(36)31-23(13-29(5,6)7)20-8-10-21(11-9-20)26-19(4)30-16-39-26/h8-11,14,16-17,22-25,35H,12-13,15H2,1-7H3/p+1/t22-,23+,24+,25+/m1/s1. The molecular formula is C29H40N5O4S+. The average Bonchev–Trinajstić information content (AvgIpc) is 3.57. The van der Waals surface area contributed by atoms with Crippen molar-refractivity contribution in [3.05, 3.63) is 52.9 Å². The smallest absolute Gasteiger partial charge is 0.272 e. The zero-order valence-corrected chi connectivity index (χ0v) is 24.7. The van der Waals surface area contributed by atoms with Crippen LogP contribution in [0.5, 0.6) is 0 Å². The van der Waals surface area contributed by atoms with E-state index in [1.807, 2.05) is 26.3 Å². The summed E-state index contributed by atoms with van der Waals surface area (Å²) in [5.74, 6) is -0.636. The molecule has 3 aromatic rings. The molecule has 1 aliphatic rings. The van der Waals surface area contributed by atoms with E-state index >= 15 is 0 Å². The van der Waals surface area contributed by atoms with Gasteiger partial charge in [0.1, 0.15) is 6.04 Å². The molecule has 210 valence electrons. The summed E-state index contributed by atoms with van der Waals surface area (Å²) >= 11 is 1.61. The molecule has 1 fully saturated rings. The number of aliphatic hydroxyl groups excluding tert-OH is 1. The van der Waals surface area contributed by atoms with Gasteiger partial charge in [-0.25, -0.2) is 4.98 Å². The maximum atomic E-state index is 13.7. The van der Waals surface area contributed by atoms with E-state index in [0.29, 0.717) is 12.1 Å². The molecule has 2 aromatic heterocycles. The minimum Gasteiger partial charge on any atom is -0.391 e. The van der Waals surface area contributed by atoms with Crippen LogP contribution >= 0.6 is 11.3 Å². The number of hydrogen-bond acceptors (Lipinski definition) is 7.